The van der Waals surface area contributed by atoms with Crippen molar-refractivity contribution in [2.24, 2.45) is 5.73 Å². The summed E-state index contributed by atoms with van der Waals surface area (Å²) in [4.78, 5) is 29.3. The summed E-state index contributed by atoms with van der Waals surface area (Å²) < 4.78 is 0. The lowest BCUT2D eigenvalue weighted by Gasteiger charge is -2.10. The van der Waals surface area contributed by atoms with E-state index in [4.69, 9.17) is 5.73 Å². The molecular formula is C8H14Cl2N4O4S. The van der Waals surface area contributed by atoms with Crippen molar-refractivity contribution in [2.75, 3.05) is 13.2 Å². The Balaban J connectivity index is 0. The van der Waals surface area contributed by atoms with E-state index in [1.807, 2.05) is 5.38 Å². The van der Waals surface area contributed by atoms with Crippen LogP contribution in [0.25, 0.3) is 0 Å². The van der Waals surface area contributed by atoms with Crippen LogP contribution in [0.15, 0.2) is 10.9 Å². The van der Waals surface area contributed by atoms with Crippen LogP contribution >= 0.6 is 36.2 Å². The van der Waals surface area contributed by atoms with Gasteiger partial charge in [0.25, 0.3) is 5.09 Å². The molecule has 0 aliphatic rings. The quantitative estimate of drug-likeness (QED) is 0.417. The molecule has 0 aliphatic heterocycles. The summed E-state index contributed by atoms with van der Waals surface area (Å²) in [5.41, 5.74) is 8.04. The van der Waals surface area contributed by atoms with Gasteiger partial charge < -0.3 is 15.9 Å². The van der Waals surface area contributed by atoms with Crippen LogP contribution in [0.2, 0.25) is 0 Å². The number of nitrogens with two attached hydrogens (primary N) is 1. The summed E-state index contributed by atoms with van der Waals surface area (Å²) in [5.74, 6) is -0.384. The normalized spacial score (nSPS) is 10.6. The number of carbonyl (C=O) groups is 1. The molecule has 11 heteroatoms. The average molecular weight is 333 g/mol. The Morgan fingerprint density at radius 1 is 1.63 bits per heavy atom. The number of aromatic nitrogens is 1. The summed E-state index contributed by atoms with van der Waals surface area (Å²) in [6.07, 6.45) is 0.339. The molecule has 19 heavy (non-hydrogen) atoms. The molecule has 1 atom stereocenters. The summed E-state index contributed by atoms with van der Waals surface area (Å²) in [6, 6.07) is -0.715. The van der Waals surface area contributed by atoms with Gasteiger partial charge in [0.2, 0.25) is 5.91 Å². The number of rotatable bonds is 7. The molecule has 1 aromatic rings. The largest absolute Gasteiger partial charge is 0.353 e. The van der Waals surface area contributed by atoms with Crippen molar-refractivity contribution in [3.05, 3.63) is 26.7 Å². The van der Waals surface area contributed by atoms with E-state index in [9.17, 15) is 14.9 Å². The summed E-state index contributed by atoms with van der Waals surface area (Å²) in [6.45, 7) is -0.146. The molecule has 8 nitrogen and oxygen atoms in total. The number of nitrogens with zero attached hydrogens (tertiary/aromatic N) is 2. The predicted octanol–water partition coefficient (Wildman–Crippen LogP) is 0.181. The standard InChI is InChI=1S/C8H12N4O4S.2ClH/c9-7(3-6-4-17-5-11-6)8(13)10-1-2-16-12(14)15;;/h4-5,7H,1-3,9H2,(H,10,13);2*1H/t7-;;/m0../s1. The molecule has 0 spiro atoms. The second kappa shape index (κ2) is 10.7. The predicted molar refractivity (Wildman–Crippen MR) is 74.2 cm³/mol. The highest BCUT2D eigenvalue weighted by atomic mass is 35.5. The van der Waals surface area contributed by atoms with E-state index in [0.29, 0.717) is 6.42 Å². The Morgan fingerprint density at radius 3 is 2.84 bits per heavy atom. The van der Waals surface area contributed by atoms with Gasteiger partial charge in [0.1, 0.15) is 6.61 Å². The van der Waals surface area contributed by atoms with Crippen LogP contribution in [0.3, 0.4) is 0 Å². The Morgan fingerprint density at radius 2 is 2.32 bits per heavy atom. The second-order valence-corrected chi connectivity index (χ2v) is 3.86. The minimum absolute atomic E-state index is 0. The fraction of sp³-hybridized carbons (Fsp3) is 0.500. The number of halogens is 2. The van der Waals surface area contributed by atoms with Gasteiger partial charge in [-0.3, -0.25) is 4.79 Å². The third-order valence-electron chi connectivity index (χ3n) is 1.85. The van der Waals surface area contributed by atoms with Crippen LogP contribution in [-0.2, 0) is 16.1 Å². The van der Waals surface area contributed by atoms with E-state index in [0.717, 1.165) is 5.69 Å². The van der Waals surface area contributed by atoms with E-state index < -0.39 is 11.1 Å². The van der Waals surface area contributed by atoms with Gasteiger partial charge in [-0.2, -0.15) is 0 Å². The van der Waals surface area contributed by atoms with Crippen molar-refractivity contribution in [2.45, 2.75) is 12.5 Å². The molecule has 1 aromatic heterocycles. The maximum atomic E-state index is 11.4. The molecule has 0 radical (unpaired) electrons. The Labute approximate surface area is 125 Å². The van der Waals surface area contributed by atoms with Crippen LogP contribution < -0.4 is 11.1 Å². The molecule has 1 rings (SSSR count). The van der Waals surface area contributed by atoms with Crippen molar-refractivity contribution in [3.8, 4) is 0 Å². The van der Waals surface area contributed by atoms with Gasteiger partial charge in [-0.15, -0.1) is 46.3 Å². The zero-order valence-electron chi connectivity index (χ0n) is 9.68. The summed E-state index contributed by atoms with van der Waals surface area (Å²) >= 11 is 1.42. The van der Waals surface area contributed by atoms with E-state index in [1.165, 1.54) is 11.3 Å². The summed E-state index contributed by atoms with van der Waals surface area (Å²) in [7, 11) is 0. The number of hydrogen-bond donors (Lipinski definition) is 2. The number of thiazole rings is 1. The highest BCUT2D eigenvalue weighted by Crippen LogP contribution is 2.03. The molecule has 0 bridgehead atoms. The fourth-order valence-corrected chi connectivity index (χ4v) is 1.65. The van der Waals surface area contributed by atoms with Gasteiger partial charge in [-0.05, 0) is 0 Å². The Hall–Kier alpha value is -1.16. The Bertz CT molecular complexity index is 379. The third-order valence-corrected chi connectivity index (χ3v) is 2.48. The molecular weight excluding hydrogens is 319 g/mol. The van der Waals surface area contributed by atoms with E-state index in [2.05, 4.69) is 15.1 Å². The van der Waals surface area contributed by atoms with Crippen molar-refractivity contribution in [1.29, 1.82) is 0 Å². The third kappa shape index (κ3) is 8.54. The molecule has 0 saturated carbocycles. The highest BCUT2D eigenvalue weighted by Gasteiger charge is 2.14. The molecule has 110 valence electrons. The van der Waals surface area contributed by atoms with Gasteiger partial charge in [0.15, 0.2) is 0 Å². The van der Waals surface area contributed by atoms with Gasteiger partial charge >= 0.3 is 0 Å². The smallest absolute Gasteiger partial charge is 0.294 e. The first-order valence-corrected chi connectivity index (χ1v) is 5.71. The number of carbonyl (C=O) groups excluding carboxylic acids is 1. The van der Waals surface area contributed by atoms with E-state index >= 15 is 0 Å². The number of amides is 1. The van der Waals surface area contributed by atoms with Crippen molar-refractivity contribution in [3.63, 3.8) is 0 Å². The average Bonchev–Trinajstić information content (AvgIpc) is 2.76. The van der Waals surface area contributed by atoms with Crippen molar-refractivity contribution < 1.29 is 14.7 Å². The van der Waals surface area contributed by atoms with Crippen LogP contribution in [0.1, 0.15) is 5.69 Å². The molecule has 0 fully saturated rings. The van der Waals surface area contributed by atoms with E-state index in [1.54, 1.807) is 5.51 Å². The zero-order chi connectivity index (χ0) is 12.7. The Kier molecular flexibility index (Phi) is 11.4. The molecule has 0 aromatic carbocycles. The molecule has 0 aliphatic carbocycles. The van der Waals surface area contributed by atoms with Crippen LogP contribution in [0.5, 0.6) is 0 Å². The topological polar surface area (TPSA) is 120 Å². The van der Waals surface area contributed by atoms with Crippen molar-refractivity contribution in [1.82, 2.24) is 10.3 Å². The SMILES string of the molecule is Cl.Cl.N[C@@H](Cc1cscn1)C(=O)NCCO[N+](=O)[O-]. The van der Waals surface area contributed by atoms with Crippen LogP contribution in [0, 0.1) is 10.1 Å². The molecule has 3 N–H and O–H groups in total. The van der Waals surface area contributed by atoms with E-state index in [-0.39, 0.29) is 43.9 Å². The molecule has 0 saturated heterocycles. The first-order valence-electron chi connectivity index (χ1n) is 4.77. The molecule has 1 amide bonds. The monoisotopic (exact) mass is 332 g/mol. The second-order valence-electron chi connectivity index (χ2n) is 3.14. The van der Waals surface area contributed by atoms with Gasteiger partial charge in [-0.1, -0.05) is 0 Å². The molecule has 0 unspecified atom stereocenters. The minimum atomic E-state index is -0.915. The minimum Gasteiger partial charge on any atom is -0.353 e. The fourth-order valence-electron chi connectivity index (χ4n) is 1.08. The number of nitrogens with one attached hydrogen (secondary N) is 1. The lowest BCUT2D eigenvalue weighted by Crippen LogP contribution is -2.43. The van der Waals surface area contributed by atoms with Crippen molar-refractivity contribution >= 4 is 42.1 Å². The zero-order valence-corrected chi connectivity index (χ0v) is 12.1. The first kappa shape index (κ1) is 20.2. The molecule has 1 heterocycles. The first-order chi connectivity index (χ1) is 8.09. The lowest BCUT2D eigenvalue weighted by atomic mass is 10.2. The maximum Gasteiger partial charge on any atom is 0.294 e. The van der Waals surface area contributed by atoms with Gasteiger partial charge in [0.05, 0.1) is 17.2 Å². The lowest BCUT2D eigenvalue weighted by molar-refractivity contribution is -0.757. The van der Waals surface area contributed by atoms with Gasteiger partial charge in [0, 0.05) is 18.3 Å². The number of hydrogen-bond acceptors (Lipinski definition) is 7. The van der Waals surface area contributed by atoms with Crippen LogP contribution in [-0.4, -0.2) is 35.2 Å². The van der Waals surface area contributed by atoms with Crippen LogP contribution in [0.4, 0.5) is 0 Å². The van der Waals surface area contributed by atoms with Gasteiger partial charge in [-0.25, -0.2) is 4.98 Å². The summed E-state index contributed by atoms with van der Waals surface area (Å²) in [5, 5.41) is 13.2. The highest BCUT2D eigenvalue weighted by molar-refractivity contribution is 7.07. The maximum absolute atomic E-state index is 11.4.